The number of aromatic nitrogens is 4. The van der Waals surface area contributed by atoms with Crippen LogP contribution in [0.15, 0.2) is 205 Å². The Labute approximate surface area is 390 Å². The first-order valence-electron chi connectivity index (χ1n) is 22.6. The summed E-state index contributed by atoms with van der Waals surface area (Å²) < 4.78 is 11.1. The Morgan fingerprint density at radius 1 is 0.493 bits per heavy atom. The number of allylic oxidation sites excluding steroid dienone is 1. The van der Waals surface area contributed by atoms with Gasteiger partial charge in [-0.15, -0.1) is 11.3 Å². The van der Waals surface area contributed by atoms with Gasteiger partial charge in [0.25, 0.3) is 0 Å². The number of aryl methyl sites for hydroxylation is 1. The number of hydrogen-bond acceptors (Lipinski definition) is 5. The molecule has 316 valence electrons. The molecule has 0 radical (unpaired) electrons. The summed E-state index contributed by atoms with van der Waals surface area (Å²) in [6, 6.07) is 70.6. The van der Waals surface area contributed by atoms with Crippen LogP contribution < -0.4 is 0 Å². The van der Waals surface area contributed by atoms with Crippen LogP contribution in [-0.2, 0) is 0 Å². The van der Waals surface area contributed by atoms with Gasteiger partial charge in [0.05, 0.1) is 11.0 Å². The second-order valence-electron chi connectivity index (χ2n) is 17.2. The molecule has 13 aromatic rings. The molecule has 0 saturated heterocycles. The molecule has 9 aromatic carbocycles. The van der Waals surface area contributed by atoms with Gasteiger partial charge in [-0.25, -0.2) is 4.98 Å². The molecule has 0 bridgehead atoms. The van der Waals surface area contributed by atoms with Gasteiger partial charge in [-0.1, -0.05) is 164 Å². The molecule has 0 aliphatic carbocycles. The van der Waals surface area contributed by atoms with Crippen LogP contribution in [-0.4, -0.2) is 19.5 Å². The molecule has 0 atom stereocenters. The maximum atomic E-state index is 6.50. The molecule has 0 unspecified atom stereocenters. The largest absolute Gasteiger partial charge is 0.456 e. The molecule has 13 rings (SSSR count). The maximum absolute atomic E-state index is 6.50. The first kappa shape index (κ1) is 39.0. The maximum Gasteiger partial charge on any atom is 0.238 e. The van der Waals surface area contributed by atoms with Crippen LogP contribution in [0.5, 0.6) is 0 Å². The number of furan rings is 1. The van der Waals surface area contributed by atoms with Crippen molar-refractivity contribution < 1.29 is 4.42 Å². The van der Waals surface area contributed by atoms with E-state index in [1.807, 2.05) is 18.2 Å². The Hall–Kier alpha value is -8.45. The highest BCUT2D eigenvalue weighted by atomic mass is 32.1. The van der Waals surface area contributed by atoms with E-state index in [9.17, 15) is 0 Å². The average Bonchev–Trinajstić information content (AvgIpc) is 4.06. The van der Waals surface area contributed by atoms with Crippen molar-refractivity contribution in [2.75, 3.05) is 0 Å². The number of benzene rings is 9. The van der Waals surface area contributed by atoms with Gasteiger partial charge in [0, 0.05) is 52.8 Å². The quantitative estimate of drug-likeness (QED) is 0.150. The summed E-state index contributed by atoms with van der Waals surface area (Å²) >= 11 is 1.78. The Balaban J connectivity index is 0.981. The molecular weight excluding hydrogens is 837 g/mol. The lowest BCUT2D eigenvalue weighted by Crippen LogP contribution is -2.06. The van der Waals surface area contributed by atoms with Crippen LogP contribution in [0.4, 0.5) is 0 Å². The topological polar surface area (TPSA) is 56.7 Å². The smallest absolute Gasteiger partial charge is 0.238 e. The van der Waals surface area contributed by atoms with Crippen molar-refractivity contribution >= 4 is 86.9 Å². The third kappa shape index (κ3) is 6.40. The molecule has 0 N–H and O–H groups in total. The van der Waals surface area contributed by atoms with Crippen molar-refractivity contribution in [1.29, 1.82) is 0 Å². The first-order valence-corrected chi connectivity index (χ1v) is 23.4. The lowest BCUT2D eigenvalue weighted by molar-refractivity contribution is 0.669. The molecule has 0 amide bonds. The molecule has 4 heterocycles. The van der Waals surface area contributed by atoms with Crippen molar-refractivity contribution in [3.8, 4) is 51.0 Å². The first-order chi connectivity index (χ1) is 33.1. The van der Waals surface area contributed by atoms with Crippen LogP contribution in [0.1, 0.15) is 23.6 Å². The fraction of sp³-hybridized carbons (Fsp3) is 0.0328. The monoisotopic (exact) mass is 876 g/mol. The molecule has 0 spiro atoms. The minimum atomic E-state index is 0.580. The molecule has 0 aliphatic heterocycles. The normalized spacial score (nSPS) is 12.1. The molecule has 0 saturated carbocycles. The third-order valence-corrected chi connectivity index (χ3v) is 14.4. The molecular formula is C61H40N4OS. The Bertz CT molecular complexity index is 4120. The summed E-state index contributed by atoms with van der Waals surface area (Å²) in [4.78, 5) is 15.8. The highest BCUT2D eigenvalue weighted by Crippen LogP contribution is 2.43. The van der Waals surface area contributed by atoms with E-state index in [4.69, 9.17) is 19.4 Å². The number of fused-ring (bicyclic) bond motifs is 9. The Kier molecular flexibility index (Phi) is 9.08. The van der Waals surface area contributed by atoms with Gasteiger partial charge in [0.15, 0.2) is 11.6 Å². The van der Waals surface area contributed by atoms with E-state index in [1.165, 1.54) is 37.7 Å². The van der Waals surface area contributed by atoms with Crippen molar-refractivity contribution in [3.05, 3.63) is 217 Å². The van der Waals surface area contributed by atoms with Gasteiger partial charge in [-0.05, 0) is 101 Å². The number of nitrogens with zero attached hydrogens (tertiary/aromatic N) is 4. The lowest BCUT2D eigenvalue weighted by atomic mass is 9.90. The summed E-state index contributed by atoms with van der Waals surface area (Å²) in [6.07, 6.45) is 2.32. The van der Waals surface area contributed by atoms with Crippen molar-refractivity contribution in [3.63, 3.8) is 0 Å². The third-order valence-electron chi connectivity index (χ3n) is 13.2. The Morgan fingerprint density at radius 2 is 1.13 bits per heavy atom. The number of rotatable bonds is 7. The SMILES string of the molecule is C/C(=C/c1cccc2oc3cccc(-c4ccccc4)c3c12)c1ccccc1-c1cc2c3ccccc3n(-c3nc(-c4ccccc4)nc(-c4cccc5c4sc4ccccc45)n3)c2cc1C. The van der Waals surface area contributed by atoms with Crippen LogP contribution in [0.25, 0.3) is 127 Å². The molecule has 5 nitrogen and oxygen atoms in total. The molecule has 4 aromatic heterocycles. The highest BCUT2D eigenvalue weighted by molar-refractivity contribution is 7.26. The van der Waals surface area contributed by atoms with E-state index in [0.29, 0.717) is 17.6 Å². The van der Waals surface area contributed by atoms with Crippen molar-refractivity contribution in [2.24, 2.45) is 0 Å². The van der Waals surface area contributed by atoms with Gasteiger partial charge in [0.2, 0.25) is 5.95 Å². The van der Waals surface area contributed by atoms with E-state index in [1.54, 1.807) is 11.3 Å². The standard InChI is InChI=1S/C61H40N4OS/c1-37(34-41-22-15-31-53-56(41)57-43(27-17-32-54(57)66-53)39-18-5-3-6-19-39)42-23-9-10-24-44(42)49-36-50-45-25-11-13-30-51(45)65(52(50)35-38(49)2)61-63-59(40-20-7-4-8-21-40)62-60(64-61)48-29-16-28-47-46-26-12-14-33-55(46)67-58(47)48/h3-36H,1-2H3/b37-34-. The second kappa shape index (κ2) is 15.6. The molecule has 0 aliphatic rings. The van der Waals surface area contributed by atoms with Crippen LogP contribution in [0.3, 0.4) is 0 Å². The molecule has 6 heteroatoms. The minimum absolute atomic E-state index is 0.580. The summed E-state index contributed by atoms with van der Waals surface area (Å²) in [5.74, 6) is 1.85. The summed E-state index contributed by atoms with van der Waals surface area (Å²) in [5, 5.41) is 6.96. The number of para-hydroxylation sites is 1. The zero-order valence-corrected chi connectivity index (χ0v) is 37.6. The zero-order chi connectivity index (χ0) is 44.6. The average molecular weight is 877 g/mol. The van der Waals surface area contributed by atoms with E-state index in [-0.39, 0.29) is 0 Å². The van der Waals surface area contributed by atoms with Gasteiger partial charge < -0.3 is 4.42 Å². The fourth-order valence-electron chi connectivity index (χ4n) is 10.1. The van der Waals surface area contributed by atoms with Gasteiger partial charge in [-0.3, -0.25) is 4.57 Å². The summed E-state index contributed by atoms with van der Waals surface area (Å²) in [6.45, 7) is 4.44. The molecule has 67 heavy (non-hydrogen) atoms. The van der Waals surface area contributed by atoms with Gasteiger partial charge in [-0.2, -0.15) is 9.97 Å². The van der Waals surface area contributed by atoms with Crippen LogP contribution in [0.2, 0.25) is 0 Å². The zero-order valence-electron chi connectivity index (χ0n) is 36.7. The number of hydrogen-bond donors (Lipinski definition) is 0. The number of thiophene rings is 1. The van der Waals surface area contributed by atoms with E-state index >= 15 is 0 Å². The summed E-state index contributed by atoms with van der Waals surface area (Å²) in [7, 11) is 0. The van der Waals surface area contributed by atoms with Gasteiger partial charge >= 0.3 is 0 Å². The van der Waals surface area contributed by atoms with E-state index < -0.39 is 0 Å². The Morgan fingerprint density at radius 3 is 1.99 bits per heavy atom. The molecule has 0 fully saturated rings. The highest BCUT2D eigenvalue weighted by Gasteiger charge is 2.22. The van der Waals surface area contributed by atoms with Gasteiger partial charge in [0.1, 0.15) is 11.2 Å². The van der Waals surface area contributed by atoms with Crippen molar-refractivity contribution in [2.45, 2.75) is 13.8 Å². The summed E-state index contributed by atoms with van der Waals surface area (Å²) in [5.41, 5.74) is 15.1. The van der Waals surface area contributed by atoms with E-state index in [2.05, 4.69) is 206 Å². The predicted octanol–water partition coefficient (Wildman–Crippen LogP) is 16.8. The predicted molar refractivity (Wildman–Crippen MR) is 281 cm³/mol. The van der Waals surface area contributed by atoms with E-state index in [0.717, 1.165) is 81.8 Å². The lowest BCUT2D eigenvalue weighted by Gasteiger charge is -2.15. The van der Waals surface area contributed by atoms with Crippen molar-refractivity contribution in [1.82, 2.24) is 19.5 Å². The fourth-order valence-corrected chi connectivity index (χ4v) is 11.3. The minimum Gasteiger partial charge on any atom is -0.456 e. The van der Waals surface area contributed by atoms with Crippen LogP contribution in [0, 0.1) is 6.92 Å². The second-order valence-corrected chi connectivity index (χ2v) is 18.3. The van der Waals surface area contributed by atoms with Crippen LogP contribution >= 0.6 is 11.3 Å².